The predicted molar refractivity (Wildman–Crippen MR) is 86.8 cm³/mol. The summed E-state index contributed by atoms with van der Waals surface area (Å²) in [4.78, 5) is 13.0. The lowest BCUT2D eigenvalue weighted by atomic mass is 9.85. The van der Waals surface area contributed by atoms with Gasteiger partial charge in [0.2, 0.25) is 5.91 Å². The number of para-hydroxylation sites is 1. The second kappa shape index (κ2) is 6.35. The number of rotatable bonds is 5. The molecule has 1 saturated carbocycles. The van der Waals surface area contributed by atoms with Crippen LogP contribution in [0, 0.1) is 5.41 Å². The van der Waals surface area contributed by atoms with Gasteiger partial charge in [-0.05, 0) is 30.9 Å². The Labute approximate surface area is 125 Å². The maximum Gasteiger partial charge on any atom is 0.237 e. The smallest absolute Gasteiger partial charge is 0.237 e. The van der Waals surface area contributed by atoms with Crippen LogP contribution in [0.15, 0.2) is 24.3 Å². The third-order valence-electron chi connectivity index (χ3n) is 4.15. The lowest BCUT2D eigenvalue weighted by Crippen LogP contribution is -2.44. The Morgan fingerprint density at radius 1 is 1.35 bits per heavy atom. The van der Waals surface area contributed by atoms with Crippen LogP contribution >= 0.6 is 12.2 Å². The van der Waals surface area contributed by atoms with Gasteiger partial charge in [-0.15, -0.1) is 0 Å². The predicted octanol–water partition coefficient (Wildman–Crippen LogP) is 3.42. The molecule has 4 heteroatoms. The highest BCUT2D eigenvalue weighted by atomic mass is 32.1. The summed E-state index contributed by atoms with van der Waals surface area (Å²) in [6, 6.07) is 7.95. The van der Waals surface area contributed by atoms with Crippen LogP contribution in [-0.2, 0) is 11.2 Å². The van der Waals surface area contributed by atoms with Crippen molar-refractivity contribution in [3.8, 4) is 0 Å². The number of thiocarbonyl (C=S) groups is 1. The lowest BCUT2D eigenvalue weighted by Gasteiger charge is -2.26. The minimum Gasteiger partial charge on any atom is -0.392 e. The Hall–Kier alpha value is -1.42. The topological polar surface area (TPSA) is 55.1 Å². The molecule has 1 amide bonds. The normalized spacial score (nSPS) is 16.9. The number of hydrogen-bond donors (Lipinski definition) is 2. The minimum atomic E-state index is -0.644. The first-order chi connectivity index (χ1) is 9.60. The molecule has 108 valence electrons. The Balaban J connectivity index is 2.21. The summed E-state index contributed by atoms with van der Waals surface area (Å²) in [6.07, 6.45) is 5.57. The van der Waals surface area contributed by atoms with Gasteiger partial charge in [0.15, 0.2) is 0 Å². The summed E-state index contributed by atoms with van der Waals surface area (Å²) >= 11 is 5.16. The van der Waals surface area contributed by atoms with Crippen LogP contribution < -0.4 is 11.1 Å². The molecule has 2 rings (SSSR count). The lowest BCUT2D eigenvalue weighted by molar-refractivity contribution is -0.122. The van der Waals surface area contributed by atoms with Gasteiger partial charge < -0.3 is 11.1 Å². The number of carbonyl (C=O) groups is 1. The Morgan fingerprint density at radius 2 is 2.00 bits per heavy atom. The van der Waals surface area contributed by atoms with Gasteiger partial charge in [0.1, 0.15) is 0 Å². The average molecular weight is 290 g/mol. The molecule has 0 bridgehead atoms. The Bertz CT molecular complexity index is 507. The quantitative estimate of drug-likeness (QED) is 0.817. The number of nitrogens with one attached hydrogen (secondary N) is 1. The first kappa shape index (κ1) is 15.0. The minimum absolute atomic E-state index is 0.0361. The number of anilines is 1. The first-order valence-electron chi connectivity index (χ1n) is 7.29. The molecule has 0 saturated heterocycles. The molecule has 0 spiro atoms. The van der Waals surface area contributed by atoms with Gasteiger partial charge in [-0.3, -0.25) is 4.79 Å². The Kier molecular flexibility index (Phi) is 4.76. The van der Waals surface area contributed by atoms with Gasteiger partial charge in [0.25, 0.3) is 0 Å². The zero-order valence-corrected chi connectivity index (χ0v) is 12.8. The molecule has 1 aliphatic rings. The summed E-state index contributed by atoms with van der Waals surface area (Å²) in [5.41, 5.74) is 7.27. The fourth-order valence-electron chi connectivity index (χ4n) is 2.94. The fourth-order valence-corrected chi connectivity index (χ4v) is 3.23. The van der Waals surface area contributed by atoms with Crippen molar-refractivity contribution in [1.82, 2.24) is 0 Å². The van der Waals surface area contributed by atoms with E-state index in [2.05, 4.69) is 18.3 Å². The molecular weight excluding hydrogens is 268 g/mol. The van der Waals surface area contributed by atoms with Gasteiger partial charge in [-0.2, -0.15) is 0 Å². The van der Waals surface area contributed by atoms with Crippen molar-refractivity contribution < 1.29 is 4.79 Å². The second-order valence-electron chi connectivity index (χ2n) is 5.51. The maximum absolute atomic E-state index is 12.7. The Morgan fingerprint density at radius 3 is 2.60 bits per heavy atom. The van der Waals surface area contributed by atoms with Crippen molar-refractivity contribution in [1.29, 1.82) is 0 Å². The van der Waals surface area contributed by atoms with Gasteiger partial charge in [-0.1, -0.05) is 56.6 Å². The molecule has 0 unspecified atom stereocenters. The van der Waals surface area contributed by atoms with Crippen molar-refractivity contribution in [2.45, 2.75) is 45.4 Å². The molecule has 3 N–H and O–H groups in total. The highest BCUT2D eigenvalue weighted by Gasteiger charge is 2.44. The van der Waals surface area contributed by atoms with E-state index in [4.69, 9.17) is 18.0 Å². The van der Waals surface area contributed by atoms with Crippen molar-refractivity contribution in [2.24, 2.45) is 11.1 Å². The first-order valence-corrected chi connectivity index (χ1v) is 7.70. The van der Waals surface area contributed by atoms with Crippen LogP contribution in [0.25, 0.3) is 0 Å². The van der Waals surface area contributed by atoms with Crippen molar-refractivity contribution >= 4 is 28.8 Å². The van der Waals surface area contributed by atoms with E-state index in [1.54, 1.807) is 0 Å². The molecule has 0 heterocycles. The molecule has 0 aromatic heterocycles. The molecule has 3 nitrogen and oxygen atoms in total. The molecule has 0 radical (unpaired) electrons. The molecule has 20 heavy (non-hydrogen) atoms. The van der Waals surface area contributed by atoms with Crippen LogP contribution in [0.1, 0.15) is 44.6 Å². The van der Waals surface area contributed by atoms with Gasteiger partial charge >= 0.3 is 0 Å². The molecule has 1 aromatic carbocycles. The van der Waals surface area contributed by atoms with Gasteiger partial charge in [0, 0.05) is 5.69 Å². The number of benzene rings is 1. The van der Waals surface area contributed by atoms with E-state index in [1.165, 1.54) is 5.56 Å². The van der Waals surface area contributed by atoms with E-state index in [0.717, 1.165) is 44.2 Å². The zero-order chi connectivity index (χ0) is 14.6. The molecular formula is C16H22N2OS. The molecule has 1 fully saturated rings. The van der Waals surface area contributed by atoms with Crippen LogP contribution in [0.4, 0.5) is 5.69 Å². The molecule has 1 aliphatic carbocycles. The van der Waals surface area contributed by atoms with E-state index in [-0.39, 0.29) is 5.91 Å². The van der Waals surface area contributed by atoms with Crippen LogP contribution in [0.3, 0.4) is 0 Å². The molecule has 0 aliphatic heterocycles. The van der Waals surface area contributed by atoms with E-state index in [0.29, 0.717) is 4.99 Å². The largest absolute Gasteiger partial charge is 0.392 e. The molecule has 0 atom stereocenters. The van der Waals surface area contributed by atoms with Crippen LogP contribution in [0.5, 0.6) is 0 Å². The summed E-state index contributed by atoms with van der Waals surface area (Å²) < 4.78 is 0. The van der Waals surface area contributed by atoms with Gasteiger partial charge in [-0.25, -0.2) is 0 Å². The third kappa shape index (κ3) is 2.85. The zero-order valence-electron chi connectivity index (χ0n) is 11.9. The number of hydrogen-bond acceptors (Lipinski definition) is 2. The summed E-state index contributed by atoms with van der Waals surface area (Å²) in [5.74, 6) is -0.0361. The summed E-state index contributed by atoms with van der Waals surface area (Å²) in [6.45, 7) is 2.13. The van der Waals surface area contributed by atoms with Crippen molar-refractivity contribution in [2.75, 3.05) is 5.32 Å². The molecule has 1 aromatic rings. The SMILES string of the molecule is CCCc1ccccc1NC(=O)C1(C(N)=S)CCCC1. The monoisotopic (exact) mass is 290 g/mol. The average Bonchev–Trinajstić information content (AvgIpc) is 2.92. The van der Waals surface area contributed by atoms with E-state index >= 15 is 0 Å². The highest BCUT2D eigenvalue weighted by Crippen LogP contribution is 2.39. The number of carbonyl (C=O) groups excluding carboxylic acids is 1. The van der Waals surface area contributed by atoms with Gasteiger partial charge in [0.05, 0.1) is 10.4 Å². The second-order valence-corrected chi connectivity index (χ2v) is 5.95. The number of aryl methyl sites for hydroxylation is 1. The van der Waals surface area contributed by atoms with Crippen LogP contribution in [0.2, 0.25) is 0 Å². The van der Waals surface area contributed by atoms with Crippen molar-refractivity contribution in [3.63, 3.8) is 0 Å². The standard InChI is InChI=1S/C16H22N2OS/c1-2-7-12-8-3-4-9-13(12)18-15(19)16(14(17)20)10-5-6-11-16/h3-4,8-9H,2,5-7,10-11H2,1H3,(H2,17,20)(H,18,19). The number of amides is 1. The fraction of sp³-hybridized carbons (Fsp3) is 0.500. The van der Waals surface area contributed by atoms with E-state index in [9.17, 15) is 4.79 Å². The van der Waals surface area contributed by atoms with Crippen molar-refractivity contribution in [3.05, 3.63) is 29.8 Å². The van der Waals surface area contributed by atoms with Crippen LogP contribution in [-0.4, -0.2) is 10.9 Å². The van der Waals surface area contributed by atoms with E-state index in [1.807, 2.05) is 18.2 Å². The summed E-state index contributed by atoms with van der Waals surface area (Å²) in [7, 11) is 0. The van der Waals surface area contributed by atoms with E-state index < -0.39 is 5.41 Å². The maximum atomic E-state index is 12.7. The third-order valence-corrected chi connectivity index (χ3v) is 4.54. The summed E-state index contributed by atoms with van der Waals surface area (Å²) in [5, 5.41) is 3.05. The number of nitrogens with two attached hydrogens (primary N) is 1. The highest BCUT2D eigenvalue weighted by molar-refractivity contribution is 7.80.